The van der Waals surface area contributed by atoms with Gasteiger partial charge in [0.15, 0.2) is 13.2 Å². The highest BCUT2D eigenvalue weighted by Crippen LogP contribution is 2.21. The number of para-hydroxylation sites is 1. The second kappa shape index (κ2) is 9.30. The molecule has 0 spiro atoms. The first-order valence-electron chi connectivity index (χ1n) is 7.58. The Morgan fingerprint density at radius 1 is 1.04 bits per heavy atom. The SMILES string of the molecule is Cc1cc(Cl)ccc1OCC(=O)NNC(=O)COc1ccccc1C#N. The Kier molecular flexibility index (Phi) is 6.83. The van der Waals surface area contributed by atoms with E-state index in [1.54, 1.807) is 49.4 Å². The maximum atomic E-state index is 11.7. The van der Waals surface area contributed by atoms with Crippen LogP contribution in [0.3, 0.4) is 0 Å². The second-order valence-electron chi connectivity index (χ2n) is 5.19. The van der Waals surface area contributed by atoms with Crippen molar-refractivity contribution < 1.29 is 19.1 Å². The molecule has 2 amide bonds. The highest BCUT2D eigenvalue weighted by Gasteiger charge is 2.09. The largest absolute Gasteiger partial charge is 0.483 e. The number of hydrogen-bond acceptors (Lipinski definition) is 5. The number of hydrogen-bond donors (Lipinski definition) is 2. The molecule has 0 aliphatic carbocycles. The topological polar surface area (TPSA) is 100 Å². The molecular weight excluding hydrogens is 358 g/mol. The molecule has 0 aliphatic rings. The van der Waals surface area contributed by atoms with Crippen molar-refractivity contribution in [3.63, 3.8) is 0 Å². The van der Waals surface area contributed by atoms with E-state index < -0.39 is 11.8 Å². The van der Waals surface area contributed by atoms with Crippen LogP contribution in [0.25, 0.3) is 0 Å². The number of benzene rings is 2. The number of nitrogens with one attached hydrogen (secondary N) is 2. The van der Waals surface area contributed by atoms with Gasteiger partial charge in [0, 0.05) is 5.02 Å². The Morgan fingerprint density at radius 3 is 2.27 bits per heavy atom. The van der Waals surface area contributed by atoms with Gasteiger partial charge in [-0.3, -0.25) is 20.4 Å². The van der Waals surface area contributed by atoms with Gasteiger partial charge in [-0.1, -0.05) is 23.7 Å². The summed E-state index contributed by atoms with van der Waals surface area (Å²) in [5, 5.41) is 9.51. The number of ether oxygens (including phenoxy) is 2. The lowest BCUT2D eigenvalue weighted by Crippen LogP contribution is -2.45. The predicted octanol–water partition coefficient (Wildman–Crippen LogP) is 2.13. The monoisotopic (exact) mass is 373 g/mol. The van der Waals surface area contributed by atoms with Crippen LogP contribution in [0.4, 0.5) is 0 Å². The minimum Gasteiger partial charge on any atom is -0.483 e. The quantitative estimate of drug-likeness (QED) is 0.755. The first-order chi connectivity index (χ1) is 12.5. The molecule has 2 aromatic carbocycles. The minimum absolute atomic E-state index is 0.277. The van der Waals surface area contributed by atoms with Crippen molar-refractivity contribution in [3.8, 4) is 17.6 Å². The Bertz CT molecular complexity index is 849. The van der Waals surface area contributed by atoms with Crippen molar-refractivity contribution in [2.45, 2.75) is 6.92 Å². The van der Waals surface area contributed by atoms with Gasteiger partial charge in [0.2, 0.25) is 0 Å². The molecule has 7 nitrogen and oxygen atoms in total. The Morgan fingerprint density at radius 2 is 1.65 bits per heavy atom. The van der Waals surface area contributed by atoms with Crippen molar-refractivity contribution in [1.82, 2.24) is 10.9 Å². The molecule has 0 saturated heterocycles. The van der Waals surface area contributed by atoms with Crippen molar-refractivity contribution in [3.05, 3.63) is 58.6 Å². The van der Waals surface area contributed by atoms with Gasteiger partial charge >= 0.3 is 0 Å². The van der Waals surface area contributed by atoms with E-state index in [1.807, 2.05) is 6.07 Å². The van der Waals surface area contributed by atoms with Gasteiger partial charge in [-0.2, -0.15) is 5.26 Å². The average molecular weight is 374 g/mol. The van der Waals surface area contributed by atoms with Crippen molar-refractivity contribution in [2.75, 3.05) is 13.2 Å². The van der Waals surface area contributed by atoms with E-state index in [-0.39, 0.29) is 19.0 Å². The summed E-state index contributed by atoms with van der Waals surface area (Å²) in [6.07, 6.45) is 0. The number of amides is 2. The standard InChI is InChI=1S/C18H16ClN3O4/c1-12-8-14(19)6-7-15(12)25-10-17(23)21-22-18(24)11-26-16-5-3-2-4-13(16)9-20/h2-8H,10-11H2,1H3,(H,21,23)(H,22,24). The number of carbonyl (C=O) groups is 2. The Balaban J connectivity index is 1.73. The molecule has 2 rings (SSSR count). The maximum absolute atomic E-state index is 11.7. The van der Waals surface area contributed by atoms with E-state index in [4.69, 9.17) is 26.3 Å². The van der Waals surface area contributed by atoms with Gasteiger partial charge in [0.1, 0.15) is 17.6 Å². The fourth-order valence-corrected chi connectivity index (χ4v) is 2.18. The van der Waals surface area contributed by atoms with Gasteiger partial charge in [-0.15, -0.1) is 0 Å². The molecule has 0 aliphatic heterocycles. The molecule has 8 heteroatoms. The fraction of sp³-hybridized carbons (Fsp3) is 0.167. The summed E-state index contributed by atoms with van der Waals surface area (Å²) < 4.78 is 10.6. The van der Waals surface area contributed by atoms with Crippen LogP contribution in [0.5, 0.6) is 11.5 Å². The summed E-state index contributed by atoms with van der Waals surface area (Å²) in [5.41, 5.74) is 5.52. The molecule has 2 N–H and O–H groups in total. The molecule has 0 radical (unpaired) electrons. The third-order valence-electron chi connectivity index (χ3n) is 3.20. The first kappa shape index (κ1) is 19.1. The number of halogens is 1. The predicted molar refractivity (Wildman–Crippen MR) is 94.6 cm³/mol. The molecule has 2 aromatic rings. The molecule has 0 aromatic heterocycles. The van der Waals surface area contributed by atoms with Gasteiger partial charge in [0.25, 0.3) is 11.8 Å². The van der Waals surface area contributed by atoms with Crippen molar-refractivity contribution in [2.24, 2.45) is 0 Å². The third-order valence-corrected chi connectivity index (χ3v) is 3.44. The zero-order chi connectivity index (χ0) is 18.9. The van der Waals surface area contributed by atoms with Crippen LogP contribution in [0, 0.1) is 18.3 Å². The highest BCUT2D eigenvalue weighted by atomic mass is 35.5. The van der Waals surface area contributed by atoms with Crippen LogP contribution in [0.2, 0.25) is 5.02 Å². The Hall–Kier alpha value is -3.24. The number of nitrogens with zero attached hydrogens (tertiary/aromatic N) is 1. The lowest BCUT2D eigenvalue weighted by molar-refractivity contribution is -0.131. The average Bonchev–Trinajstić information content (AvgIpc) is 2.64. The van der Waals surface area contributed by atoms with Gasteiger partial charge < -0.3 is 9.47 Å². The molecule has 0 unspecified atom stereocenters. The van der Waals surface area contributed by atoms with E-state index in [0.717, 1.165) is 5.56 Å². The highest BCUT2D eigenvalue weighted by molar-refractivity contribution is 6.30. The zero-order valence-electron chi connectivity index (χ0n) is 13.9. The number of rotatable bonds is 6. The fourth-order valence-electron chi connectivity index (χ4n) is 1.96. The van der Waals surface area contributed by atoms with Crippen LogP contribution < -0.4 is 20.3 Å². The van der Waals surface area contributed by atoms with Crippen LogP contribution in [-0.4, -0.2) is 25.0 Å². The number of aryl methyl sites for hydroxylation is 1. The molecule has 0 saturated carbocycles. The molecule has 26 heavy (non-hydrogen) atoms. The smallest absolute Gasteiger partial charge is 0.276 e. The number of carbonyl (C=O) groups excluding carboxylic acids is 2. The lowest BCUT2D eigenvalue weighted by Gasteiger charge is -2.11. The number of nitriles is 1. The molecule has 0 fully saturated rings. The third kappa shape index (κ3) is 5.69. The van der Waals surface area contributed by atoms with E-state index in [1.165, 1.54) is 0 Å². The van der Waals surface area contributed by atoms with E-state index in [0.29, 0.717) is 16.3 Å². The van der Waals surface area contributed by atoms with Gasteiger partial charge in [-0.25, -0.2) is 0 Å². The normalized spacial score (nSPS) is 9.73. The molecule has 134 valence electrons. The second-order valence-corrected chi connectivity index (χ2v) is 5.63. The van der Waals surface area contributed by atoms with Gasteiger partial charge in [0.05, 0.1) is 5.56 Å². The molecule has 0 bridgehead atoms. The van der Waals surface area contributed by atoms with Crippen LogP contribution >= 0.6 is 11.6 Å². The lowest BCUT2D eigenvalue weighted by atomic mass is 10.2. The maximum Gasteiger partial charge on any atom is 0.276 e. The summed E-state index contributed by atoms with van der Waals surface area (Å²) in [6.45, 7) is 1.17. The molecular formula is C18H16ClN3O4. The molecule has 0 atom stereocenters. The van der Waals surface area contributed by atoms with Crippen molar-refractivity contribution in [1.29, 1.82) is 5.26 Å². The van der Waals surface area contributed by atoms with Crippen LogP contribution in [0.1, 0.15) is 11.1 Å². The summed E-state index contributed by atoms with van der Waals surface area (Å²) in [6, 6.07) is 13.5. The minimum atomic E-state index is -0.575. The summed E-state index contributed by atoms with van der Waals surface area (Å²) in [4.78, 5) is 23.4. The van der Waals surface area contributed by atoms with Crippen LogP contribution in [-0.2, 0) is 9.59 Å². The number of hydrazine groups is 1. The summed E-state index contributed by atoms with van der Waals surface area (Å²) in [7, 11) is 0. The Labute approximate surface area is 155 Å². The summed E-state index contributed by atoms with van der Waals surface area (Å²) >= 11 is 5.85. The van der Waals surface area contributed by atoms with Crippen LogP contribution in [0.15, 0.2) is 42.5 Å². The zero-order valence-corrected chi connectivity index (χ0v) is 14.7. The first-order valence-corrected chi connectivity index (χ1v) is 7.96. The molecule has 0 heterocycles. The van der Waals surface area contributed by atoms with Gasteiger partial charge in [-0.05, 0) is 42.8 Å². The van der Waals surface area contributed by atoms with Crippen molar-refractivity contribution >= 4 is 23.4 Å². The van der Waals surface area contributed by atoms with E-state index in [2.05, 4.69) is 10.9 Å². The summed E-state index contributed by atoms with van der Waals surface area (Å²) in [5.74, 6) is -0.302. The van der Waals surface area contributed by atoms with E-state index in [9.17, 15) is 9.59 Å². The van der Waals surface area contributed by atoms with E-state index >= 15 is 0 Å².